The second kappa shape index (κ2) is 11.7. The molecule has 0 aromatic heterocycles. The SMILES string of the molecule is CCOC(=O)/C=C/c1ccc(NC(=O)CN(C)CCOc2ccc(C)cc2)cc1. The summed E-state index contributed by atoms with van der Waals surface area (Å²) in [6.07, 6.45) is 3.05. The van der Waals surface area contributed by atoms with Crippen molar-refractivity contribution in [2.24, 2.45) is 0 Å². The first-order valence-electron chi connectivity index (χ1n) is 9.59. The number of esters is 1. The lowest BCUT2D eigenvalue weighted by atomic mass is 10.2. The van der Waals surface area contributed by atoms with E-state index >= 15 is 0 Å². The third-order valence-corrected chi connectivity index (χ3v) is 4.07. The molecule has 0 fully saturated rings. The van der Waals surface area contributed by atoms with Gasteiger partial charge in [0.1, 0.15) is 12.4 Å². The number of hydrogen-bond acceptors (Lipinski definition) is 5. The smallest absolute Gasteiger partial charge is 0.330 e. The molecule has 0 unspecified atom stereocenters. The van der Waals surface area contributed by atoms with Crippen LogP contribution in [-0.4, -0.2) is 50.1 Å². The number of ether oxygens (including phenoxy) is 2. The summed E-state index contributed by atoms with van der Waals surface area (Å²) in [6, 6.07) is 15.1. The van der Waals surface area contributed by atoms with Crippen LogP contribution in [0.2, 0.25) is 0 Å². The van der Waals surface area contributed by atoms with Crippen LogP contribution in [0.3, 0.4) is 0 Å². The lowest BCUT2D eigenvalue weighted by Crippen LogP contribution is -2.33. The molecule has 0 aliphatic carbocycles. The van der Waals surface area contributed by atoms with Crippen molar-refractivity contribution < 1.29 is 19.1 Å². The molecule has 0 atom stereocenters. The number of nitrogens with one attached hydrogen (secondary N) is 1. The number of likely N-dealkylation sites (N-methyl/N-ethyl adjacent to an activating group) is 1. The molecule has 0 radical (unpaired) electrons. The predicted molar refractivity (Wildman–Crippen MR) is 115 cm³/mol. The Hall–Kier alpha value is -3.12. The standard InChI is InChI=1S/C23H28N2O4/c1-4-28-23(27)14-9-19-7-10-20(11-8-19)24-22(26)17-25(3)15-16-29-21-12-5-18(2)6-13-21/h5-14H,4,15-17H2,1-3H3,(H,24,26)/b14-9+. The first-order valence-corrected chi connectivity index (χ1v) is 9.59. The monoisotopic (exact) mass is 396 g/mol. The molecule has 0 aliphatic heterocycles. The van der Waals surface area contributed by atoms with Crippen LogP contribution in [-0.2, 0) is 14.3 Å². The highest BCUT2D eigenvalue weighted by Gasteiger charge is 2.07. The van der Waals surface area contributed by atoms with Crippen molar-refractivity contribution in [1.29, 1.82) is 0 Å². The van der Waals surface area contributed by atoms with Gasteiger partial charge in [0.05, 0.1) is 13.2 Å². The molecule has 2 aromatic carbocycles. The van der Waals surface area contributed by atoms with Crippen LogP contribution < -0.4 is 10.1 Å². The van der Waals surface area contributed by atoms with Gasteiger partial charge < -0.3 is 14.8 Å². The first-order chi connectivity index (χ1) is 14.0. The minimum absolute atomic E-state index is 0.0994. The second-order valence-electron chi connectivity index (χ2n) is 6.65. The average molecular weight is 396 g/mol. The van der Waals surface area contributed by atoms with Crippen molar-refractivity contribution in [2.75, 3.05) is 38.7 Å². The molecule has 2 rings (SSSR count). The summed E-state index contributed by atoms with van der Waals surface area (Å²) in [7, 11) is 1.88. The van der Waals surface area contributed by atoms with Gasteiger partial charge in [-0.2, -0.15) is 0 Å². The number of benzene rings is 2. The molecule has 2 aromatic rings. The van der Waals surface area contributed by atoms with Crippen LogP contribution in [0.25, 0.3) is 6.08 Å². The van der Waals surface area contributed by atoms with E-state index in [2.05, 4.69) is 5.32 Å². The molecule has 0 spiro atoms. The molecular weight excluding hydrogens is 368 g/mol. The largest absolute Gasteiger partial charge is 0.492 e. The Labute approximate surface area is 172 Å². The maximum absolute atomic E-state index is 12.2. The van der Waals surface area contributed by atoms with E-state index in [1.165, 1.54) is 11.6 Å². The molecule has 29 heavy (non-hydrogen) atoms. The zero-order chi connectivity index (χ0) is 21.1. The topological polar surface area (TPSA) is 67.9 Å². The second-order valence-corrected chi connectivity index (χ2v) is 6.65. The van der Waals surface area contributed by atoms with E-state index in [-0.39, 0.29) is 18.4 Å². The third kappa shape index (κ3) is 8.62. The quantitative estimate of drug-likeness (QED) is 0.492. The number of anilines is 1. The van der Waals surface area contributed by atoms with Crippen molar-refractivity contribution in [3.05, 3.63) is 65.7 Å². The molecule has 1 N–H and O–H groups in total. The number of carbonyl (C=O) groups is 2. The normalized spacial score (nSPS) is 10.9. The lowest BCUT2D eigenvalue weighted by Gasteiger charge is -2.16. The summed E-state index contributed by atoms with van der Waals surface area (Å²) in [6.45, 7) is 5.55. The zero-order valence-corrected chi connectivity index (χ0v) is 17.2. The third-order valence-electron chi connectivity index (χ3n) is 4.07. The summed E-state index contributed by atoms with van der Waals surface area (Å²) in [5.74, 6) is 0.350. The van der Waals surface area contributed by atoms with Gasteiger partial charge >= 0.3 is 5.97 Å². The van der Waals surface area contributed by atoms with Gasteiger partial charge in [0.15, 0.2) is 0 Å². The van der Waals surface area contributed by atoms with E-state index in [1.807, 2.05) is 55.3 Å². The van der Waals surface area contributed by atoms with Gasteiger partial charge in [-0.3, -0.25) is 9.69 Å². The van der Waals surface area contributed by atoms with Crippen molar-refractivity contribution >= 4 is 23.6 Å². The summed E-state index contributed by atoms with van der Waals surface area (Å²) in [5.41, 5.74) is 2.74. The number of rotatable bonds is 10. The van der Waals surface area contributed by atoms with Gasteiger partial charge in [-0.25, -0.2) is 4.79 Å². The zero-order valence-electron chi connectivity index (χ0n) is 17.2. The van der Waals surface area contributed by atoms with Gasteiger partial charge in [0.25, 0.3) is 0 Å². The molecule has 0 aliphatic rings. The van der Waals surface area contributed by atoms with Crippen LogP contribution in [0, 0.1) is 6.92 Å². The van der Waals surface area contributed by atoms with Crippen LogP contribution in [0.1, 0.15) is 18.1 Å². The summed E-state index contributed by atoms with van der Waals surface area (Å²) >= 11 is 0. The minimum atomic E-state index is -0.376. The number of aryl methyl sites for hydroxylation is 1. The molecule has 6 nitrogen and oxygen atoms in total. The van der Waals surface area contributed by atoms with Crippen LogP contribution >= 0.6 is 0 Å². The van der Waals surface area contributed by atoms with E-state index in [4.69, 9.17) is 9.47 Å². The molecule has 0 bridgehead atoms. The van der Waals surface area contributed by atoms with Crippen LogP contribution in [0.15, 0.2) is 54.6 Å². The van der Waals surface area contributed by atoms with E-state index in [1.54, 1.807) is 25.1 Å². The van der Waals surface area contributed by atoms with Crippen molar-refractivity contribution in [1.82, 2.24) is 4.90 Å². The highest BCUT2D eigenvalue weighted by Crippen LogP contribution is 2.12. The Balaban J connectivity index is 1.72. The van der Waals surface area contributed by atoms with Crippen molar-refractivity contribution in [3.8, 4) is 5.75 Å². The number of carbonyl (C=O) groups excluding carboxylic acids is 2. The summed E-state index contributed by atoms with van der Waals surface area (Å²) in [5, 5.41) is 2.86. The average Bonchev–Trinajstić information content (AvgIpc) is 2.69. The molecule has 0 heterocycles. The maximum Gasteiger partial charge on any atom is 0.330 e. The lowest BCUT2D eigenvalue weighted by molar-refractivity contribution is -0.137. The minimum Gasteiger partial charge on any atom is -0.492 e. The Morgan fingerprint density at radius 1 is 1.07 bits per heavy atom. The van der Waals surface area contributed by atoms with Gasteiger partial charge in [0.2, 0.25) is 5.91 Å². The van der Waals surface area contributed by atoms with Gasteiger partial charge in [-0.05, 0) is 56.8 Å². The van der Waals surface area contributed by atoms with Crippen molar-refractivity contribution in [3.63, 3.8) is 0 Å². The Kier molecular flexibility index (Phi) is 8.92. The fourth-order valence-corrected chi connectivity index (χ4v) is 2.51. The number of hydrogen-bond donors (Lipinski definition) is 1. The number of amides is 1. The van der Waals surface area contributed by atoms with Gasteiger partial charge in [-0.15, -0.1) is 0 Å². The van der Waals surface area contributed by atoms with Gasteiger partial charge in [0, 0.05) is 18.3 Å². The van der Waals surface area contributed by atoms with E-state index in [0.29, 0.717) is 25.4 Å². The number of nitrogens with zero attached hydrogens (tertiary/aromatic N) is 1. The first kappa shape index (κ1) is 22.2. The fraction of sp³-hybridized carbons (Fsp3) is 0.304. The highest BCUT2D eigenvalue weighted by molar-refractivity contribution is 5.92. The van der Waals surface area contributed by atoms with E-state index in [0.717, 1.165) is 11.3 Å². The van der Waals surface area contributed by atoms with Crippen LogP contribution in [0.5, 0.6) is 5.75 Å². The molecule has 6 heteroatoms. The fourth-order valence-electron chi connectivity index (χ4n) is 2.51. The molecule has 0 saturated carbocycles. The van der Waals surface area contributed by atoms with E-state index in [9.17, 15) is 9.59 Å². The Morgan fingerprint density at radius 3 is 2.41 bits per heavy atom. The Bertz CT molecular complexity index is 814. The van der Waals surface area contributed by atoms with Gasteiger partial charge in [-0.1, -0.05) is 29.8 Å². The maximum atomic E-state index is 12.2. The molecule has 0 saturated heterocycles. The van der Waals surface area contributed by atoms with Crippen molar-refractivity contribution in [2.45, 2.75) is 13.8 Å². The summed E-state index contributed by atoms with van der Waals surface area (Å²) in [4.78, 5) is 25.4. The molecule has 1 amide bonds. The predicted octanol–water partition coefficient (Wildman–Crippen LogP) is 3.52. The Morgan fingerprint density at radius 2 is 1.76 bits per heavy atom. The summed E-state index contributed by atoms with van der Waals surface area (Å²) < 4.78 is 10.5. The van der Waals surface area contributed by atoms with Crippen LogP contribution in [0.4, 0.5) is 5.69 Å². The van der Waals surface area contributed by atoms with E-state index < -0.39 is 0 Å². The molecule has 154 valence electrons. The molecular formula is C23H28N2O4. The highest BCUT2D eigenvalue weighted by atomic mass is 16.5.